The average molecular weight is 209 g/mol. The van der Waals surface area contributed by atoms with Gasteiger partial charge in [0.25, 0.3) is 0 Å². The first kappa shape index (κ1) is 9.09. The van der Waals surface area contributed by atoms with Gasteiger partial charge in [0, 0.05) is 18.1 Å². The maximum absolute atomic E-state index is 4.54. The monoisotopic (exact) mass is 209 g/mol. The van der Waals surface area contributed by atoms with Gasteiger partial charge in [-0.3, -0.25) is 4.98 Å². The molecule has 0 aliphatic rings. The molecule has 0 atom stereocenters. The third kappa shape index (κ3) is 1.37. The van der Waals surface area contributed by atoms with Crippen LogP contribution in [0.5, 0.6) is 0 Å². The summed E-state index contributed by atoms with van der Waals surface area (Å²) in [5.41, 5.74) is 3.95. The molecular formula is C13H11N3. The van der Waals surface area contributed by atoms with E-state index in [1.165, 1.54) is 5.69 Å². The molecule has 3 nitrogen and oxygen atoms in total. The lowest BCUT2D eigenvalue weighted by Gasteiger charge is -1.95. The molecule has 3 aromatic heterocycles. The van der Waals surface area contributed by atoms with Crippen LogP contribution in [0.15, 0.2) is 48.8 Å². The molecule has 0 spiro atoms. The van der Waals surface area contributed by atoms with E-state index < -0.39 is 0 Å². The number of pyridine rings is 2. The zero-order valence-corrected chi connectivity index (χ0v) is 8.96. The smallest absolute Gasteiger partial charge is 0.137 e. The van der Waals surface area contributed by atoms with Gasteiger partial charge >= 0.3 is 0 Å². The van der Waals surface area contributed by atoms with Crippen LogP contribution in [-0.2, 0) is 0 Å². The van der Waals surface area contributed by atoms with E-state index in [0.29, 0.717) is 0 Å². The van der Waals surface area contributed by atoms with E-state index in [1.807, 2.05) is 36.5 Å². The largest absolute Gasteiger partial charge is 0.304 e. The number of nitrogens with zero attached hydrogens (tertiary/aromatic N) is 3. The van der Waals surface area contributed by atoms with Crippen molar-refractivity contribution in [2.24, 2.45) is 0 Å². The topological polar surface area (TPSA) is 30.2 Å². The highest BCUT2D eigenvalue weighted by atomic mass is 15.0. The van der Waals surface area contributed by atoms with E-state index in [-0.39, 0.29) is 0 Å². The zero-order chi connectivity index (χ0) is 11.0. The summed E-state index contributed by atoms with van der Waals surface area (Å²) < 4.78 is 2.07. The molecule has 3 heterocycles. The van der Waals surface area contributed by atoms with Crippen molar-refractivity contribution in [3.63, 3.8) is 0 Å². The summed E-state index contributed by atoms with van der Waals surface area (Å²) in [6, 6.07) is 11.9. The Morgan fingerprint density at radius 1 is 1.00 bits per heavy atom. The first-order valence-corrected chi connectivity index (χ1v) is 5.21. The highest BCUT2D eigenvalue weighted by molar-refractivity contribution is 5.58. The molecule has 16 heavy (non-hydrogen) atoms. The van der Waals surface area contributed by atoms with E-state index in [4.69, 9.17) is 0 Å². The Hall–Kier alpha value is -2.16. The van der Waals surface area contributed by atoms with Crippen molar-refractivity contribution in [3.8, 4) is 11.4 Å². The van der Waals surface area contributed by atoms with E-state index >= 15 is 0 Å². The molecule has 3 heteroatoms. The lowest BCUT2D eigenvalue weighted by Crippen LogP contribution is -1.86. The summed E-state index contributed by atoms with van der Waals surface area (Å²) in [7, 11) is 0. The number of rotatable bonds is 1. The second-order valence-corrected chi connectivity index (χ2v) is 3.74. The van der Waals surface area contributed by atoms with Crippen LogP contribution in [-0.4, -0.2) is 14.4 Å². The highest BCUT2D eigenvalue weighted by Gasteiger charge is 2.05. The maximum atomic E-state index is 4.54. The van der Waals surface area contributed by atoms with Crippen LogP contribution in [0.25, 0.3) is 17.0 Å². The summed E-state index contributed by atoms with van der Waals surface area (Å²) in [6.45, 7) is 2.07. The van der Waals surface area contributed by atoms with Crippen molar-refractivity contribution < 1.29 is 0 Å². The second kappa shape index (κ2) is 3.45. The second-order valence-electron chi connectivity index (χ2n) is 3.74. The summed E-state index contributed by atoms with van der Waals surface area (Å²) in [6.07, 6.45) is 3.80. The molecule has 3 rings (SSSR count). The minimum Gasteiger partial charge on any atom is -0.304 e. The van der Waals surface area contributed by atoms with Crippen LogP contribution in [0, 0.1) is 6.92 Å². The Labute approximate surface area is 93.4 Å². The fourth-order valence-corrected chi connectivity index (χ4v) is 1.79. The molecule has 0 aliphatic heterocycles. The van der Waals surface area contributed by atoms with Gasteiger partial charge in [-0.1, -0.05) is 12.1 Å². The zero-order valence-electron chi connectivity index (χ0n) is 8.96. The fraction of sp³-hybridized carbons (Fsp3) is 0.0769. The molecule has 0 amide bonds. The van der Waals surface area contributed by atoms with Crippen molar-refractivity contribution in [1.29, 1.82) is 0 Å². The van der Waals surface area contributed by atoms with Gasteiger partial charge in [0.15, 0.2) is 0 Å². The lowest BCUT2D eigenvalue weighted by atomic mass is 10.3. The van der Waals surface area contributed by atoms with Crippen molar-refractivity contribution >= 4 is 5.65 Å². The van der Waals surface area contributed by atoms with Crippen LogP contribution >= 0.6 is 0 Å². The van der Waals surface area contributed by atoms with Crippen LogP contribution in [0.2, 0.25) is 0 Å². The van der Waals surface area contributed by atoms with Gasteiger partial charge in [0.1, 0.15) is 11.3 Å². The number of fused-ring (bicyclic) bond motifs is 1. The molecule has 0 aliphatic carbocycles. The quantitative estimate of drug-likeness (QED) is 0.616. The molecule has 0 aromatic carbocycles. The first-order chi connectivity index (χ1) is 7.84. The summed E-state index contributed by atoms with van der Waals surface area (Å²) >= 11 is 0. The molecule has 78 valence electrons. The van der Waals surface area contributed by atoms with Gasteiger partial charge in [0.05, 0.1) is 5.69 Å². The van der Waals surface area contributed by atoms with E-state index in [1.54, 1.807) is 6.20 Å². The standard InChI is InChI=1S/C13H11N3/c1-10-5-4-7-13-15-12(9-16(10)13)11-6-2-3-8-14-11/h2-9H,1H3. The van der Waals surface area contributed by atoms with Crippen LogP contribution in [0.4, 0.5) is 0 Å². The number of aryl methyl sites for hydroxylation is 1. The van der Waals surface area contributed by atoms with Crippen molar-refractivity contribution in [2.45, 2.75) is 6.92 Å². The number of aromatic nitrogens is 3. The molecule has 0 N–H and O–H groups in total. The van der Waals surface area contributed by atoms with Crippen molar-refractivity contribution in [1.82, 2.24) is 14.4 Å². The molecule has 0 unspecified atom stereocenters. The Balaban J connectivity index is 2.23. The fourth-order valence-electron chi connectivity index (χ4n) is 1.79. The predicted octanol–water partition coefficient (Wildman–Crippen LogP) is 2.70. The molecule has 0 radical (unpaired) electrons. The summed E-state index contributed by atoms with van der Waals surface area (Å²) in [4.78, 5) is 8.84. The van der Waals surface area contributed by atoms with E-state index in [9.17, 15) is 0 Å². The third-order valence-electron chi connectivity index (χ3n) is 2.62. The van der Waals surface area contributed by atoms with Crippen LogP contribution in [0.3, 0.4) is 0 Å². The molecule has 0 fully saturated rings. The minimum atomic E-state index is 0.908. The van der Waals surface area contributed by atoms with Gasteiger partial charge in [-0.15, -0.1) is 0 Å². The first-order valence-electron chi connectivity index (χ1n) is 5.21. The summed E-state index contributed by atoms with van der Waals surface area (Å²) in [5, 5.41) is 0. The average Bonchev–Trinajstić information content (AvgIpc) is 2.76. The highest BCUT2D eigenvalue weighted by Crippen LogP contribution is 2.17. The minimum absolute atomic E-state index is 0.908. The summed E-state index contributed by atoms with van der Waals surface area (Å²) in [5.74, 6) is 0. The van der Waals surface area contributed by atoms with Crippen LogP contribution in [0.1, 0.15) is 5.69 Å². The molecule has 3 aromatic rings. The van der Waals surface area contributed by atoms with Gasteiger partial charge in [-0.25, -0.2) is 4.98 Å². The molecule has 0 saturated carbocycles. The molecular weight excluding hydrogens is 198 g/mol. The number of hydrogen-bond acceptors (Lipinski definition) is 2. The van der Waals surface area contributed by atoms with Crippen molar-refractivity contribution in [2.75, 3.05) is 0 Å². The molecule has 0 bridgehead atoms. The third-order valence-corrected chi connectivity index (χ3v) is 2.62. The van der Waals surface area contributed by atoms with Gasteiger partial charge < -0.3 is 4.40 Å². The Morgan fingerprint density at radius 3 is 2.69 bits per heavy atom. The van der Waals surface area contributed by atoms with Crippen LogP contribution < -0.4 is 0 Å². The van der Waals surface area contributed by atoms with E-state index in [0.717, 1.165) is 17.0 Å². The Morgan fingerprint density at radius 2 is 1.94 bits per heavy atom. The number of hydrogen-bond donors (Lipinski definition) is 0. The van der Waals surface area contributed by atoms with E-state index in [2.05, 4.69) is 27.4 Å². The SMILES string of the molecule is Cc1cccc2nc(-c3ccccn3)cn12. The maximum Gasteiger partial charge on any atom is 0.137 e. The predicted molar refractivity (Wildman–Crippen MR) is 63.2 cm³/mol. The van der Waals surface area contributed by atoms with Gasteiger partial charge in [0.2, 0.25) is 0 Å². The lowest BCUT2D eigenvalue weighted by molar-refractivity contribution is 1.09. The number of imidazole rings is 1. The Bertz CT molecular complexity index is 626. The normalized spacial score (nSPS) is 10.8. The van der Waals surface area contributed by atoms with Gasteiger partial charge in [-0.2, -0.15) is 0 Å². The molecule has 0 saturated heterocycles. The Kier molecular flexibility index (Phi) is 1.96. The van der Waals surface area contributed by atoms with Crippen molar-refractivity contribution in [3.05, 3.63) is 54.5 Å². The van der Waals surface area contributed by atoms with Gasteiger partial charge in [-0.05, 0) is 31.2 Å².